The van der Waals surface area contributed by atoms with Gasteiger partial charge in [0.2, 0.25) is 0 Å². The standard InChI is InChI=1S/C22H24O5/c1-2-3-4-10-26-20-12-16-8-9-19(23)18(16)13-21(20)27-14-15-6-5-7-17(11-15)22(24)25/h5-7,11-13H,2-4,8-10,14H2,1H3,(H,24,25). The van der Waals surface area contributed by atoms with Gasteiger partial charge in [0.25, 0.3) is 0 Å². The van der Waals surface area contributed by atoms with Crippen molar-refractivity contribution in [1.82, 2.24) is 0 Å². The van der Waals surface area contributed by atoms with Gasteiger partial charge in [-0.3, -0.25) is 4.79 Å². The minimum atomic E-state index is -0.972. The van der Waals surface area contributed by atoms with E-state index < -0.39 is 5.97 Å². The zero-order valence-electron chi connectivity index (χ0n) is 15.5. The summed E-state index contributed by atoms with van der Waals surface area (Å²) in [6.07, 6.45) is 4.44. The Labute approximate surface area is 158 Å². The Hall–Kier alpha value is -2.82. The maximum atomic E-state index is 12.1. The van der Waals surface area contributed by atoms with Crippen LogP contribution in [0.2, 0.25) is 0 Å². The molecule has 27 heavy (non-hydrogen) atoms. The number of carbonyl (C=O) groups excluding carboxylic acids is 1. The summed E-state index contributed by atoms with van der Waals surface area (Å²) in [4.78, 5) is 23.2. The predicted octanol–water partition coefficient (Wildman–Crippen LogP) is 4.66. The van der Waals surface area contributed by atoms with Gasteiger partial charge in [-0.15, -0.1) is 0 Å². The Kier molecular flexibility index (Phi) is 6.12. The molecule has 1 aliphatic carbocycles. The normalized spacial score (nSPS) is 12.7. The van der Waals surface area contributed by atoms with Crippen LogP contribution < -0.4 is 9.47 Å². The molecule has 0 unspecified atom stereocenters. The van der Waals surface area contributed by atoms with Crippen molar-refractivity contribution in [3.05, 3.63) is 58.7 Å². The number of rotatable bonds is 9. The number of fused-ring (bicyclic) bond motifs is 1. The van der Waals surface area contributed by atoms with Gasteiger partial charge < -0.3 is 14.6 Å². The van der Waals surface area contributed by atoms with E-state index in [-0.39, 0.29) is 18.0 Å². The molecule has 0 saturated carbocycles. The molecule has 0 amide bonds. The minimum absolute atomic E-state index is 0.125. The topological polar surface area (TPSA) is 72.8 Å². The van der Waals surface area contributed by atoms with Crippen molar-refractivity contribution >= 4 is 11.8 Å². The highest BCUT2D eigenvalue weighted by Crippen LogP contribution is 2.35. The van der Waals surface area contributed by atoms with Crippen molar-refractivity contribution in [1.29, 1.82) is 0 Å². The second-order valence-corrected chi connectivity index (χ2v) is 6.73. The SMILES string of the molecule is CCCCCOc1cc2c(cc1OCc1cccc(C(=O)O)c1)C(=O)CC2. The largest absolute Gasteiger partial charge is 0.490 e. The zero-order valence-corrected chi connectivity index (χ0v) is 15.5. The fraction of sp³-hybridized carbons (Fsp3) is 0.364. The second kappa shape index (κ2) is 8.71. The molecule has 5 heteroatoms. The summed E-state index contributed by atoms with van der Waals surface area (Å²) in [6, 6.07) is 10.3. The van der Waals surface area contributed by atoms with Crippen LogP contribution in [0, 0.1) is 0 Å². The van der Waals surface area contributed by atoms with E-state index >= 15 is 0 Å². The first-order valence-corrected chi connectivity index (χ1v) is 9.36. The summed E-state index contributed by atoms with van der Waals surface area (Å²) < 4.78 is 11.8. The molecule has 0 spiro atoms. The van der Waals surface area contributed by atoms with Gasteiger partial charge in [0.1, 0.15) is 6.61 Å². The van der Waals surface area contributed by atoms with E-state index in [2.05, 4.69) is 6.92 Å². The van der Waals surface area contributed by atoms with Gasteiger partial charge in [-0.25, -0.2) is 4.79 Å². The highest BCUT2D eigenvalue weighted by Gasteiger charge is 2.23. The minimum Gasteiger partial charge on any atom is -0.490 e. The third-order valence-corrected chi connectivity index (χ3v) is 4.67. The molecular formula is C22H24O5. The molecule has 0 atom stereocenters. The average Bonchev–Trinajstić information content (AvgIpc) is 3.03. The molecule has 142 valence electrons. The summed E-state index contributed by atoms with van der Waals surface area (Å²) >= 11 is 0. The van der Waals surface area contributed by atoms with E-state index in [0.717, 1.165) is 36.8 Å². The third kappa shape index (κ3) is 4.67. The third-order valence-electron chi connectivity index (χ3n) is 4.67. The van der Waals surface area contributed by atoms with Crippen LogP contribution in [-0.4, -0.2) is 23.5 Å². The molecular weight excluding hydrogens is 344 g/mol. The molecule has 0 saturated heterocycles. The molecule has 0 bridgehead atoms. The first kappa shape index (κ1) is 19.0. The summed E-state index contributed by atoms with van der Waals surface area (Å²) in [5, 5.41) is 9.12. The maximum Gasteiger partial charge on any atom is 0.335 e. The average molecular weight is 368 g/mol. The van der Waals surface area contributed by atoms with Gasteiger partial charge >= 0.3 is 5.97 Å². The summed E-state index contributed by atoms with van der Waals surface area (Å²) in [5.41, 5.74) is 2.67. The van der Waals surface area contributed by atoms with E-state index in [4.69, 9.17) is 14.6 Å². The number of ether oxygens (including phenoxy) is 2. The molecule has 1 N–H and O–H groups in total. The summed E-state index contributed by atoms with van der Waals surface area (Å²) in [6.45, 7) is 2.95. The molecule has 1 aliphatic rings. The maximum absolute atomic E-state index is 12.1. The molecule has 0 heterocycles. The van der Waals surface area contributed by atoms with Crippen molar-refractivity contribution in [3.63, 3.8) is 0 Å². The lowest BCUT2D eigenvalue weighted by atomic mass is 10.1. The number of ketones is 1. The van der Waals surface area contributed by atoms with Crippen molar-refractivity contribution in [2.45, 2.75) is 45.6 Å². The van der Waals surface area contributed by atoms with Crippen molar-refractivity contribution < 1.29 is 24.2 Å². The van der Waals surface area contributed by atoms with E-state index in [0.29, 0.717) is 30.1 Å². The van der Waals surface area contributed by atoms with E-state index in [1.54, 1.807) is 24.3 Å². The first-order valence-electron chi connectivity index (χ1n) is 9.36. The predicted molar refractivity (Wildman–Crippen MR) is 102 cm³/mol. The number of hydrogen-bond acceptors (Lipinski definition) is 4. The number of carbonyl (C=O) groups is 2. The zero-order chi connectivity index (χ0) is 19.2. The number of Topliss-reactive ketones (excluding diaryl/α,β-unsaturated/α-hetero) is 1. The van der Waals surface area contributed by atoms with Crippen molar-refractivity contribution in [3.8, 4) is 11.5 Å². The molecule has 5 nitrogen and oxygen atoms in total. The van der Waals surface area contributed by atoms with Gasteiger partial charge in [-0.2, -0.15) is 0 Å². The lowest BCUT2D eigenvalue weighted by Gasteiger charge is -2.15. The number of unbranched alkanes of at least 4 members (excludes halogenated alkanes) is 2. The molecule has 2 aromatic rings. The van der Waals surface area contributed by atoms with Crippen molar-refractivity contribution in [2.24, 2.45) is 0 Å². The molecule has 0 radical (unpaired) electrons. The van der Waals surface area contributed by atoms with Crippen LogP contribution in [-0.2, 0) is 13.0 Å². The fourth-order valence-corrected chi connectivity index (χ4v) is 3.17. The highest BCUT2D eigenvalue weighted by molar-refractivity contribution is 6.01. The van der Waals surface area contributed by atoms with Crippen LogP contribution in [0.15, 0.2) is 36.4 Å². The van der Waals surface area contributed by atoms with Crippen LogP contribution in [0.5, 0.6) is 11.5 Å². The fourth-order valence-electron chi connectivity index (χ4n) is 3.17. The Bertz CT molecular complexity index is 841. The molecule has 0 fully saturated rings. The van der Waals surface area contributed by atoms with Crippen LogP contribution in [0.25, 0.3) is 0 Å². The van der Waals surface area contributed by atoms with Gasteiger partial charge in [-0.1, -0.05) is 31.9 Å². The van der Waals surface area contributed by atoms with Gasteiger partial charge in [0, 0.05) is 12.0 Å². The lowest BCUT2D eigenvalue weighted by Crippen LogP contribution is -2.04. The Morgan fingerprint density at radius 3 is 2.67 bits per heavy atom. The van der Waals surface area contributed by atoms with Crippen LogP contribution in [0.1, 0.15) is 64.4 Å². The van der Waals surface area contributed by atoms with Crippen LogP contribution in [0.4, 0.5) is 0 Å². The number of benzene rings is 2. The van der Waals surface area contributed by atoms with Crippen LogP contribution in [0.3, 0.4) is 0 Å². The first-order chi connectivity index (χ1) is 13.1. The Balaban J connectivity index is 1.78. The summed E-state index contributed by atoms with van der Waals surface area (Å²) in [7, 11) is 0. The Morgan fingerprint density at radius 1 is 1.07 bits per heavy atom. The van der Waals surface area contributed by atoms with E-state index in [9.17, 15) is 9.59 Å². The monoisotopic (exact) mass is 368 g/mol. The van der Waals surface area contributed by atoms with Gasteiger partial charge in [0.15, 0.2) is 17.3 Å². The summed E-state index contributed by atoms with van der Waals surface area (Å²) in [5.74, 6) is 0.329. The number of hydrogen-bond donors (Lipinski definition) is 1. The quantitative estimate of drug-likeness (QED) is 0.652. The molecule has 0 aromatic heterocycles. The molecule has 2 aromatic carbocycles. The highest BCUT2D eigenvalue weighted by atomic mass is 16.5. The number of aryl methyl sites for hydroxylation is 1. The van der Waals surface area contributed by atoms with Gasteiger partial charge in [0.05, 0.1) is 12.2 Å². The number of aromatic carboxylic acids is 1. The van der Waals surface area contributed by atoms with Crippen LogP contribution >= 0.6 is 0 Å². The smallest absolute Gasteiger partial charge is 0.335 e. The second-order valence-electron chi connectivity index (χ2n) is 6.73. The van der Waals surface area contributed by atoms with Crippen molar-refractivity contribution in [2.75, 3.05) is 6.61 Å². The molecule has 0 aliphatic heterocycles. The lowest BCUT2D eigenvalue weighted by molar-refractivity contribution is 0.0696. The van der Waals surface area contributed by atoms with Gasteiger partial charge in [-0.05, 0) is 48.2 Å². The number of carboxylic acids is 1. The number of carboxylic acid groups (broad SMARTS) is 1. The molecule has 3 rings (SSSR count). The van der Waals surface area contributed by atoms with E-state index in [1.165, 1.54) is 0 Å². The Morgan fingerprint density at radius 2 is 1.89 bits per heavy atom. The van der Waals surface area contributed by atoms with E-state index in [1.807, 2.05) is 12.1 Å².